The number of fused-ring (bicyclic) bond motifs is 4. The highest BCUT2D eigenvalue weighted by atomic mass is 15.4. The number of rotatable bonds is 11. The lowest BCUT2D eigenvalue weighted by atomic mass is 9.82. The van der Waals surface area contributed by atoms with Crippen molar-refractivity contribution in [2.45, 2.75) is 98.3 Å². The Morgan fingerprint density at radius 1 is 0.358 bits per heavy atom. The highest BCUT2D eigenvalue weighted by Gasteiger charge is 2.44. The molecule has 335 valence electrons. The Morgan fingerprint density at radius 3 is 1.25 bits per heavy atom. The van der Waals surface area contributed by atoms with Crippen LogP contribution in [-0.4, -0.2) is 0 Å². The molecule has 0 N–H and O–H groups in total. The molecule has 3 heteroatoms. The highest BCUT2D eigenvalue weighted by Crippen LogP contribution is 2.58. The second-order valence-corrected chi connectivity index (χ2v) is 20.4. The lowest BCUT2D eigenvalue weighted by Crippen LogP contribution is -2.33. The fraction of sp³-hybridized carbons (Fsp3) is 0.234. The second-order valence-electron chi connectivity index (χ2n) is 20.4. The van der Waals surface area contributed by atoms with E-state index in [0.29, 0.717) is 23.7 Å². The van der Waals surface area contributed by atoms with Crippen molar-refractivity contribution in [3.8, 4) is 22.3 Å². The summed E-state index contributed by atoms with van der Waals surface area (Å²) < 4.78 is 0. The summed E-state index contributed by atoms with van der Waals surface area (Å²) in [6.45, 7) is 23.4. The van der Waals surface area contributed by atoms with Gasteiger partial charge in [-0.3, -0.25) is 0 Å². The smallest absolute Gasteiger partial charge is 0.196 e. The zero-order valence-electron chi connectivity index (χ0n) is 41.0. The second kappa shape index (κ2) is 17.4. The Balaban J connectivity index is 1.18. The van der Waals surface area contributed by atoms with Crippen molar-refractivity contribution < 1.29 is 0 Å². The molecule has 10 rings (SSSR count). The lowest BCUT2D eigenvalue weighted by molar-refractivity contribution is 0.660. The monoisotopic (exact) mass is 875 g/mol. The van der Waals surface area contributed by atoms with Gasteiger partial charge in [0.25, 0.3) is 0 Å². The van der Waals surface area contributed by atoms with Crippen LogP contribution in [0.15, 0.2) is 182 Å². The maximum Gasteiger partial charge on any atom is 0.196 e. The molecule has 2 aliphatic rings. The van der Waals surface area contributed by atoms with E-state index in [0.717, 1.165) is 28.8 Å². The molecule has 0 aromatic heterocycles. The average molecular weight is 875 g/mol. The molecule has 8 aromatic rings. The van der Waals surface area contributed by atoms with Crippen molar-refractivity contribution in [3.05, 3.63) is 227 Å². The maximum atomic E-state index is 2.61. The molecule has 1 aliphatic heterocycles. The summed E-state index contributed by atoms with van der Waals surface area (Å²) >= 11 is 0. The molecule has 0 amide bonds. The van der Waals surface area contributed by atoms with Crippen LogP contribution < -0.4 is 14.7 Å². The fourth-order valence-corrected chi connectivity index (χ4v) is 10.9. The number of nitrogens with zero attached hydrogens (tertiary/aromatic N) is 3. The molecule has 1 heterocycles. The molecule has 1 radical (unpaired) electrons. The van der Waals surface area contributed by atoms with E-state index < -0.39 is 0 Å². The lowest BCUT2D eigenvalue weighted by Gasteiger charge is -2.37. The van der Waals surface area contributed by atoms with Gasteiger partial charge in [0.2, 0.25) is 0 Å². The van der Waals surface area contributed by atoms with Crippen LogP contribution >= 0.6 is 0 Å². The van der Waals surface area contributed by atoms with Gasteiger partial charge in [0.15, 0.2) is 6.17 Å². The summed E-state index contributed by atoms with van der Waals surface area (Å²) in [7, 11) is 0. The average Bonchev–Trinajstić information content (AvgIpc) is 3.79. The van der Waals surface area contributed by atoms with Gasteiger partial charge >= 0.3 is 0 Å². The number of anilines is 7. The van der Waals surface area contributed by atoms with Gasteiger partial charge in [-0.2, -0.15) is 0 Å². The molecule has 0 atom stereocenters. The summed E-state index contributed by atoms with van der Waals surface area (Å²) in [5.41, 5.74) is 22.6. The predicted octanol–water partition coefficient (Wildman–Crippen LogP) is 18.5. The molecule has 67 heavy (non-hydrogen) atoms. The van der Waals surface area contributed by atoms with Crippen LogP contribution in [0.5, 0.6) is 0 Å². The molecule has 0 unspecified atom stereocenters. The van der Waals surface area contributed by atoms with Crippen molar-refractivity contribution >= 4 is 39.8 Å². The number of hydrogen-bond acceptors (Lipinski definition) is 3. The first-order valence-electron chi connectivity index (χ1n) is 24.5. The van der Waals surface area contributed by atoms with Crippen molar-refractivity contribution in [1.29, 1.82) is 0 Å². The summed E-state index contributed by atoms with van der Waals surface area (Å²) in [6, 6.07) is 68.1. The number of benzene rings is 8. The molecule has 0 bridgehead atoms. The first-order chi connectivity index (χ1) is 32.3. The van der Waals surface area contributed by atoms with Crippen LogP contribution in [0, 0.1) is 6.17 Å². The van der Waals surface area contributed by atoms with Gasteiger partial charge in [-0.25, -0.2) is 0 Å². The standard InChI is InChI=1S/C64H64N3/c1-41(2)51-23-18-24-52(42(3)4)61(51)66-59-28-16-17-29-60(59)67(62-53(43(5)6)25-19-26-54(62)44(7)8)63(66)47-32-36-49(37-33-47)65(48-34-30-46(31-35-48)45-20-12-11-13-21-45)50-38-39-56-55-22-14-15-27-57(55)64(9,10)58(56)40-50/h11-44H,1-10H3. The van der Waals surface area contributed by atoms with Crippen molar-refractivity contribution in [2.24, 2.45) is 0 Å². The Labute approximate surface area is 400 Å². The van der Waals surface area contributed by atoms with Crippen LogP contribution in [0.4, 0.5) is 39.8 Å². The molecular weight excluding hydrogens is 811 g/mol. The minimum Gasteiger partial charge on any atom is -0.310 e. The molecule has 0 saturated heterocycles. The zero-order valence-corrected chi connectivity index (χ0v) is 41.0. The maximum absolute atomic E-state index is 2.61. The van der Waals surface area contributed by atoms with Crippen LogP contribution in [0.1, 0.15) is 132 Å². The highest BCUT2D eigenvalue weighted by molar-refractivity contribution is 5.97. The number of hydrogen-bond donors (Lipinski definition) is 0. The molecule has 0 spiro atoms. The Bertz CT molecular complexity index is 2920. The first kappa shape index (κ1) is 44.0. The van der Waals surface area contributed by atoms with Crippen LogP contribution in [-0.2, 0) is 5.41 Å². The van der Waals surface area contributed by atoms with E-state index in [2.05, 4.69) is 266 Å². The van der Waals surface area contributed by atoms with E-state index in [9.17, 15) is 0 Å². The molecule has 0 saturated carbocycles. The van der Waals surface area contributed by atoms with E-state index in [1.54, 1.807) is 0 Å². The van der Waals surface area contributed by atoms with Gasteiger partial charge in [0.05, 0.1) is 22.7 Å². The van der Waals surface area contributed by atoms with Gasteiger partial charge in [-0.15, -0.1) is 0 Å². The van der Waals surface area contributed by atoms with Crippen LogP contribution in [0.3, 0.4) is 0 Å². The summed E-state index contributed by atoms with van der Waals surface area (Å²) in [4.78, 5) is 7.66. The molecule has 8 aromatic carbocycles. The van der Waals surface area contributed by atoms with Gasteiger partial charge in [0, 0.05) is 28.0 Å². The Hall–Kier alpha value is -6.84. The molecule has 0 fully saturated rings. The van der Waals surface area contributed by atoms with Crippen molar-refractivity contribution in [1.82, 2.24) is 0 Å². The Morgan fingerprint density at radius 2 is 0.761 bits per heavy atom. The SMILES string of the molecule is CC(C)c1cccc(C(C)C)c1N1[C](c2ccc(N(c3ccc(-c4ccccc4)cc3)c3ccc4c(c3)C(C)(C)c3ccccc3-4)cc2)N(c2c(C(C)C)cccc2C(C)C)c2ccccc21. The minimum atomic E-state index is -0.127. The zero-order chi connectivity index (χ0) is 46.7. The van der Waals surface area contributed by atoms with Gasteiger partial charge in [-0.1, -0.05) is 203 Å². The normalized spacial score (nSPS) is 14.1. The van der Waals surface area contributed by atoms with E-state index in [1.165, 1.54) is 78.4 Å². The quantitative estimate of drug-likeness (QED) is 0.128. The molecule has 3 nitrogen and oxygen atoms in total. The Kier molecular flexibility index (Phi) is 11.4. The van der Waals surface area contributed by atoms with Gasteiger partial charge in [0.1, 0.15) is 0 Å². The van der Waals surface area contributed by atoms with Gasteiger partial charge < -0.3 is 14.7 Å². The van der Waals surface area contributed by atoms with Crippen molar-refractivity contribution in [2.75, 3.05) is 14.7 Å². The van der Waals surface area contributed by atoms with E-state index >= 15 is 0 Å². The van der Waals surface area contributed by atoms with Crippen LogP contribution in [0.2, 0.25) is 0 Å². The third kappa shape index (κ3) is 7.54. The predicted molar refractivity (Wildman–Crippen MR) is 286 cm³/mol. The van der Waals surface area contributed by atoms with Crippen molar-refractivity contribution in [3.63, 3.8) is 0 Å². The summed E-state index contributed by atoms with van der Waals surface area (Å²) in [6.07, 6.45) is 1.16. The minimum absolute atomic E-state index is 0.127. The first-order valence-corrected chi connectivity index (χ1v) is 24.5. The van der Waals surface area contributed by atoms with E-state index in [4.69, 9.17) is 0 Å². The summed E-state index contributed by atoms with van der Waals surface area (Å²) in [5, 5.41) is 0. The largest absolute Gasteiger partial charge is 0.310 e. The fourth-order valence-electron chi connectivity index (χ4n) is 10.9. The third-order valence-corrected chi connectivity index (χ3v) is 14.4. The topological polar surface area (TPSA) is 9.72 Å². The van der Waals surface area contributed by atoms with E-state index in [1.807, 2.05) is 0 Å². The molecule has 1 aliphatic carbocycles. The third-order valence-electron chi connectivity index (χ3n) is 14.4. The molecular formula is C64H64N3. The summed E-state index contributed by atoms with van der Waals surface area (Å²) in [5.74, 6) is 1.28. The van der Waals surface area contributed by atoms with E-state index in [-0.39, 0.29) is 5.41 Å². The number of para-hydroxylation sites is 4. The van der Waals surface area contributed by atoms with Crippen LogP contribution in [0.25, 0.3) is 22.3 Å². The van der Waals surface area contributed by atoms with Gasteiger partial charge in [-0.05, 0) is 128 Å².